The van der Waals surface area contributed by atoms with Gasteiger partial charge in [-0.1, -0.05) is 0 Å². The summed E-state index contributed by atoms with van der Waals surface area (Å²) in [5, 5.41) is 9.32. The Balaban J connectivity index is 2.10. The highest BCUT2D eigenvalue weighted by molar-refractivity contribution is 5.85. The fraction of sp³-hybridized carbons (Fsp3) is 0.250. The van der Waals surface area contributed by atoms with Gasteiger partial charge in [-0.2, -0.15) is 0 Å². The van der Waals surface area contributed by atoms with Crippen LogP contribution in [-0.4, -0.2) is 16.1 Å². The van der Waals surface area contributed by atoms with Gasteiger partial charge in [0.2, 0.25) is 0 Å². The first-order valence-corrected chi connectivity index (χ1v) is 6.49. The molecule has 0 saturated heterocycles. The first-order valence-electron chi connectivity index (χ1n) is 6.49. The lowest BCUT2D eigenvalue weighted by Crippen LogP contribution is -2.19. The molecule has 0 bridgehead atoms. The number of hydrogen-bond acceptors (Lipinski definition) is 2. The fourth-order valence-electron chi connectivity index (χ4n) is 2.51. The molecule has 1 saturated carbocycles. The largest absolute Gasteiger partial charge is 0.481 e. The third-order valence-electron chi connectivity index (χ3n) is 3.84. The molecule has 0 unspecified atom stereocenters. The number of hydrogen-bond donors (Lipinski definition) is 1. The predicted octanol–water partition coefficient (Wildman–Crippen LogP) is 3.31. The minimum atomic E-state index is -0.890. The van der Waals surface area contributed by atoms with Crippen molar-refractivity contribution in [3.05, 3.63) is 53.6 Å². The van der Waals surface area contributed by atoms with E-state index in [1.54, 1.807) is 18.3 Å². The summed E-state index contributed by atoms with van der Waals surface area (Å²) in [4.78, 5) is 15.5. The normalized spacial score (nSPS) is 15.9. The second kappa shape index (κ2) is 4.40. The molecule has 0 atom stereocenters. The quantitative estimate of drug-likeness (QED) is 0.931. The lowest BCUT2D eigenvalue weighted by atomic mass is 9.92. The molecule has 1 aliphatic rings. The zero-order valence-electron chi connectivity index (χ0n) is 11.1. The highest BCUT2D eigenvalue weighted by atomic mass is 19.1. The lowest BCUT2D eigenvalue weighted by Gasteiger charge is -2.12. The van der Waals surface area contributed by atoms with Crippen LogP contribution in [0.15, 0.2) is 36.5 Å². The molecule has 20 heavy (non-hydrogen) atoms. The topological polar surface area (TPSA) is 50.2 Å². The third-order valence-corrected chi connectivity index (χ3v) is 3.84. The van der Waals surface area contributed by atoms with Crippen molar-refractivity contribution in [1.29, 1.82) is 0 Å². The molecule has 0 aliphatic heterocycles. The number of pyridine rings is 1. The van der Waals surface area contributed by atoms with E-state index in [0.29, 0.717) is 24.0 Å². The number of aromatic nitrogens is 1. The average Bonchev–Trinajstić information content (AvgIpc) is 3.19. The smallest absolute Gasteiger partial charge is 0.314 e. The van der Waals surface area contributed by atoms with Crippen molar-refractivity contribution in [3.63, 3.8) is 0 Å². The monoisotopic (exact) mass is 271 g/mol. The van der Waals surface area contributed by atoms with Gasteiger partial charge in [0.1, 0.15) is 5.82 Å². The van der Waals surface area contributed by atoms with Gasteiger partial charge in [-0.15, -0.1) is 0 Å². The van der Waals surface area contributed by atoms with Crippen molar-refractivity contribution in [1.82, 2.24) is 4.98 Å². The van der Waals surface area contributed by atoms with Crippen LogP contribution in [0.4, 0.5) is 4.39 Å². The molecule has 0 radical (unpaired) electrons. The first-order chi connectivity index (χ1) is 9.51. The Morgan fingerprint density at radius 1 is 1.25 bits per heavy atom. The number of carbonyl (C=O) groups is 1. The second-order valence-corrected chi connectivity index (χ2v) is 5.30. The summed E-state index contributed by atoms with van der Waals surface area (Å²) in [5.74, 6) is -1.28. The number of benzene rings is 1. The van der Waals surface area contributed by atoms with Gasteiger partial charge in [-0.05, 0) is 66.8 Å². The summed E-state index contributed by atoms with van der Waals surface area (Å²) >= 11 is 0. The Morgan fingerprint density at radius 2 is 2.00 bits per heavy atom. The van der Waals surface area contributed by atoms with E-state index < -0.39 is 17.2 Å². The van der Waals surface area contributed by atoms with Crippen LogP contribution in [-0.2, 0) is 10.2 Å². The molecule has 4 heteroatoms. The Bertz CT molecular complexity index is 693. The van der Waals surface area contributed by atoms with Gasteiger partial charge in [-0.3, -0.25) is 9.78 Å². The van der Waals surface area contributed by atoms with Gasteiger partial charge in [0.25, 0.3) is 0 Å². The molecular weight excluding hydrogens is 257 g/mol. The molecule has 102 valence electrons. The van der Waals surface area contributed by atoms with Gasteiger partial charge >= 0.3 is 5.97 Å². The van der Waals surface area contributed by atoms with E-state index in [9.17, 15) is 14.3 Å². The standard InChI is InChI=1S/C16H14FNO2/c1-10-6-11(2-5-18-10)12-7-13(9-14(17)8-12)16(3-4-16)15(19)20/h2,5-9H,3-4H2,1H3,(H,19,20). The molecule has 1 N–H and O–H groups in total. The summed E-state index contributed by atoms with van der Waals surface area (Å²) in [7, 11) is 0. The van der Waals surface area contributed by atoms with Gasteiger partial charge in [0, 0.05) is 11.9 Å². The van der Waals surface area contributed by atoms with Crippen molar-refractivity contribution in [2.24, 2.45) is 0 Å². The molecule has 1 heterocycles. The molecule has 0 amide bonds. The summed E-state index contributed by atoms with van der Waals surface area (Å²) in [6.07, 6.45) is 2.81. The number of aliphatic carboxylic acids is 1. The third kappa shape index (κ3) is 2.07. The maximum Gasteiger partial charge on any atom is 0.314 e. The van der Waals surface area contributed by atoms with Crippen molar-refractivity contribution in [2.45, 2.75) is 25.2 Å². The molecule has 2 aromatic rings. The Kier molecular flexibility index (Phi) is 2.82. The van der Waals surface area contributed by atoms with E-state index in [2.05, 4.69) is 4.98 Å². The van der Waals surface area contributed by atoms with Crippen molar-refractivity contribution in [2.75, 3.05) is 0 Å². The van der Waals surface area contributed by atoms with E-state index in [-0.39, 0.29) is 0 Å². The zero-order valence-corrected chi connectivity index (χ0v) is 11.1. The Morgan fingerprint density at radius 3 is 2.60 bits per heavy atom. The van der Waals surface area contributed by atoms with E-state index in [1.807, 2.05) is 13.0 Å². The molecule has 1 fully saturated rings. The maximum atomic E-state index is 13.8. The van der Waals surface area contributed by atoms with Crippen LogP contribution in [0.25, 0.3) is 11.1 Å². The highest BCUT2D eigenvalue weighted by Crippen LogP contribution is 2.49. The van der Waals surface area contributed by atoms with Gasteiger partial charge in [0.15, 0.2) is 0 Å². The highest BCUT2D eigenvalue weighted by Gasteiger charge is 2.52. The molecule has 1 aromatic carbocycles. The van der Waals surface area contributed by atoms with Crippen LogP contribution in [0.1, 0.15) is 24.1 Å². The van der Waals surface area contributed by atoms with E-state index in [1.165, 1.54) is 12.1 Å². The minimum Gasteiger partial charge on any atom is -0.481 e. The minimum absolute atomic E-state index is 0.403. The number of aryl methyl sites for hydroxylation is 1. The number of carboxylic acid groups (broad SMARTS) is 1. The van der Waals surface area contributed by atoms with Crippen LogP contribution in [0.2, 0.25) is 0 Å². The number of carboxylic acids is 1. The number of rotatable bonds is 3. The van der Waals surface area contributed by atoms with Crippen molar-refractivity contribution < 1.29 is 14.3 Å². The van der Waals surface area contributed by atoms with E-state index in [0.717, 1.165) is 11.3 Å². The van der Waals surface area contributed by atoms with Crippen LogP contribution >= 0.6 is 0 Å². The lowest BCUT2D eigenvalue weighted by molar-refractivity contribution is -0.140. The molecule has 0 spiro atoms. The van der Waals surface area contributed by atoms with Crippen LogP contribution in [0.5, 0.6) is 0 Å². The van der Waals surface area contributed by atoms with Crippen LogP contribution in [0, 0.1) is 12.7 Å². The number of halogens is 1. The van der Waals surface area contributed by atoms with Crippen LogP contribution in [0.3, 0.4) is 0 Å². The number of nitrogens with zero attached hydrogens (tertiary/aromatic N) is 1. The van der Waals surface area contributed by atoms with E-state index >= 15 is 0 Å². The summed E-state index contributed by atoms with van der Waals surface area (Å²) < 4.78 is 13.8. The first kappa shape index (κ1) is 12.8. The van der Waals surface area contributed by atoms with Gasteiger partial charge < -0.3 is 5.11 Å². The molecular formula is C16H14FNO2. The van der Waals surface area contributed by atoms with Gasteiger partial charge in [0.05, 0.1) is 5.41 Å². The molecule has 1 aliphatic carbocycles. The molecule has 1 aromatic heterocycles. The fourth-order valence-corrected chi connectivity index (χ4v) is 2.51. The summed E-state index contributed by atoms with van der Waals surface area (Å²) in [5.41, 5.74) is 2.04. The second-order valence-electron chi connectivity index (χ2n) is 5.30. The molecule has 3 rings (SSSR count). The van der Waals surface area contributed by atoms with Crippen LogP contribution < -0.4 is 0 Å². The molecule has 3 nitrogen and oxygen atoms in total. The average molecular weight is 271 g/mol. The zero-order chi connectivity index (χ0) is 14.3. The maximum absolute atomic E-state index is 13.8. The Labute approximate surface area is 116 Å². The summed E-state index contributed by atoms with van der Waals surface area (Å²) in [6.45, 7) is 1.86. The van der Waals surface area contributed by atoms with Crippen molar-refractivity contribution in [3.8, 4) is 11.1 Å². The van der Waals surface area contributed by atoms with E-state index in [4.69, 9.17) is 0 Å². The van der Waals surface area contributed by atoms with Gasteiger partial charge in [-0.25, -0.2) is 4.39 Å². The van der Waals surface area contributed by atoms with Crippen molar-refractivity contribution >= 4 is 5.97 Å². The Hall–Kier alpha value is -2.23. The predicted molar refractivity (Wildman–Crippen MR) is 72.9 cm³/mol. The summed E-state index contributed by atoms with van der Waals surface area (Å²) in [6, 6.07) is 8.19. The SMILES string of the molecule is Cc1cc(-c2cc(F)cc(C3(C(=O)O)CC3)c2)ccn1.